The van der Waals surface area contributed by atoms with Crippen molar-refractivity contribution in [3.8, 4) is 6.07 Å². The summed E-state index contributed by atoms with van der Waals surface area (Å²) >= 11 is 0. The lowest BCUT2D eigenvalue weighted by molar-refractivity contribution is -0.114. The van der Waals surface area contributed by atoms with E-state index >= 15 is 0 Å². The molecule has 6 heteroatoms. The van der Waals surface area contributed by atoms with Crippen molar-refractivity contribution in [2.45, 2.75) is 45.6 Å². The molecule has 2 heterocycles. The van der Waals surface area contributed by atoms with Crippen LogP contribution in [0.15, 0.2) is 17.7 Å². The van der Waals surface area contributed by atoms with Crippen LogP contribution in [0.4, 0.5) is 0 Å². The summed E-state index contributed by atoms with van der Waals surface area (Å²) in [5.41, 5.74) is 2.26. The first kappa shape index (κ1) is 19.2. The first-order chi connectivity index (χ1) is 12.8. The molecule has 1 aliphatic heterocycles. The Morgan fingerprint density at radius 1 is 1.33 bits per heavy atom. The summed E-state index contributed by atoms with van der Waals surface area (Å²) in [5, 5.41) is 9.63. The Labute approximate surface area is 159 Å². The minimum atomic E-state index is -0.200. The van der Waals surface area contributed by atoms with Crippen LogP contribution in [-0.4, -0.2) is 47.3 Å². The second kappa shape index (κ2) is 7.24. The Balaban J connectivity index is 2.06. The zero-order valence-electron chi connectivity index (χ0n) is 16.3. The number of ketones is 2. The van der Waals surface area contributed by atoms with E-state index < -0.39 is 0 Å². The Kier molecular flexibility index (Phi) is 5.16. The van der Waals surface area contributed by atoms with Crippen LogP contribution in [-0.2, 0) is 16.0 Å². The van der Waals surface area contributed by atoms with E-state index in [0.29, 0.717) is 30.2 Å². The Hall–Kier alpha value is -2.52. The number of carbonyl (C=O) groups excluding carboxylic acids is 2. The average Bonchev–Trinajstić information content (AvgIpc) is 2.66. The molecular weight excluding hydrogens is 342 g/mol. The van der Waals surface area contributed by atoms with Gasteiger partial charge in [0.15, 0.2) is 11.6 Å². The summed E-state index contributed by atoms with van der Waals surface area (Å²) in [6.45, 7) is 7.08. The van der Waals surface area contributed by atoms with Crippen molar-refractivity contribution in [2.75, 3.05) is 20.2 Å². The van der Waals surface area contributed by atoms with E-state index in [9.17, 15) is 14.9 Å². The van der Waals surface area contributed by atoms with Crippen LogP contribution in [0.5, 0.6) is 0 Å². The maximum atomic E-state index is 12.5. The van der Waals surface area contributed by atoms with E-state index in [0.717, 1.165) is 18.4 Å². The zero-order chi connectivity index (χ0) is 19.8. The molecule has 0 atom stereocenters. The monoisotopic (exact) mass is 367 g/mol. The molecule has 1 fully saturated rings. The van der Waals surface area contributed by atoms with Crippen molar-refractivity contribution < 1.29 is 14.3 Å². The second-order valence-corrected chi connectivity index (χ2v) is 7.80. The molecule has 3 rings (SSSR count). The molecule has 0 spiro atoms. The fourth-order valence-electron chi connectivity index (χ4n) is 3.61. The third kappa shape index (κ3) is 3.52. The molecule has 0 unspecified atom stereocenters. The van der Waals surface area contributed by atoms with Crippen molar-refractivity contribution in [1.29, 1.82) is 5.26 Å². The van der Waals surface area contributed by atoms with Crippen LogP contribution in [0.1, 0.15) is 55.4 Å². The molecule has 1 saturated heterocycles. The standard InChI is InChI=1S/C21H25N3O3/c1-13(2)20(26)16-6-5-14-11-17(25)15(12-22)19(18(14)23-16)24-9-7-21(3,27-4)8-10-24/h5-6,13H,7-11H2,1-4H3. The van der Waals surface area contributed by atoms with Gasteiger partial charge in [0.25, 0.3) is 0 Å². The summed E-state index contributed by atoms with van der Waals surface area (Å²) in [6, 6.07) is 5.56. The number of aromatic nitrogens is 1. The van der Waals surface area contributed by atoms with E-state index in [1.807, 2.05) is 18.7 Å². The quantitative estimate of drug-likeness (QED) is 0.761. The Morgan fingerprint density at radius 3 is 2.56 bits per heavy atom. The number of rotatable bonds is 4. The van der Waals surface area contributed by atoms with Crippen molar-refractivity contribution in [3.05, 3.63) is 34.7 Å². The SMILES string of the molecule is COC1(C)CCN(C2=C(C#N)C(=O)Cc3ccc(C(=O)C(C)C)nc32)CC1. The van der Waals surface area contributed by atoms with Gasteiger partial charge >= 0.3 is 0 Å². The fourth-order valence-corrected chi connectivity index (χ4v) is 3.61. The zero-order valence-corrected chi connectivity index (χ0v) is 16.3. The summed E-state index contributed by atoms with van der Waals surface area (Å²) in [6.07, 6.45) is 1.73. The molecule has 6 nitrogen and oxygen atoms in total. The normalized spacial score (nSPS) is 19.1. The van der Waals surface area contributed by atoms with Gasteiger partial charge in [0.2, 0.25) is 0 Å². The third-order valence-corrected chi connectivity index (χ3v) is 5.59. The minimum absolute atomic E-state index is 0.0434. The molecule has 1 aromatic rings. The van der Waals surface area contributed by atoms with Gasteiger partial charge < -0.3 is 9.64 Å². The van der Waals surface area contributed by atoms with Crippen LogP contribution >= 0.6 is 0 Å². The highest BCUT2D eigenvalue weighted by atomic mass is 16.5. The van der Waals surface area contributed by atoms with Gasteiger partial charge in [-0.05, 0) is 31.4 Å². The largest absolute Gasteiger partial charge is 0.378 e. The number of carbonyl (C=O) groups is 2. The van der Waals surface area contributed by atoms with Crippen LogP contribution in [0, 0.1) is 17.2 Å². The van der Waals surface area contributed by atoms with Crippen LogP contribution in [0.2, 0.25) is 0 Å². The van der Waals surface area contributed by atoms with Gasteiger partial charge in [0.05, 0.1) is 17.0 Å². The van der Waals surface area contributed by atoms with Gasteiger partial charge in [0, 0.05) is 32.5 Å². The molecule has 0 radical (unpaired) electrons. The summed E-state index contributed by atoms with van der Waals surface area (Å²) in [5.74, 6) is -0.399. The van der Waals surface area contributed by atoms with E-state index in [-0.39, 0.29) is 35.1 Å². The van der Waals surface area contributed by atoms with Crippen molar-refractivity contribution in [3.63, 3.8) is 0 Å². The molecule has 0 amide bonds. The molecule has 0 bridgehead atoms. The van der Waals surface area contributed by atoms with Crippen LogP contribution in [0.3, 0.4) is 0 Å². The number of fused-ring (bicyclic) bond motifs is 1. The summed E-state index contributed by atoms with van der Waals surface area (Å²) < 4.78 is 5.60. The lowest BCUT2D eigenvalue weighted by Gasteiger charge is -2.41. The molecule has 0 N–H and O–H groups in total. The predicted molar refractivity (Wildman–Crippen MR) is 101 cm³/mol. The van der Waals surface area contributed by atoms with E-state index in [1.165, 1.54) is 0 Å². The lowest BCUT2D eigenvalue weighted by atomic mass is 9.88. The number of ether oxygens (including phenoxy) is 1. The Morgan fingerprint density at radius 2 is 2.00 bits per heavy atom. The van der Waals surface area contributed by atoms with E-state index in [2.05, 4.69) is 18.0 Å². The first-order valence-corrected chi connectivity index (χ1v) is 9.32. The topological polar surface area (TPSA) is 83.3 Å². The molecule has 27 heavy (non-hydrogen) atoms. The number of hydrogen-bond acceptors (Lipinski definition) is 6. The van der Waals surface area contributed by atoms with Gasteiger partial charge in [0.1, 0.15) is 17.3 Å². The average molecular weight is 367 g/mol. The number of pyridine rings is 1. The van der Waals surface area contributed by atoms with E-state index in [4.69, 9.17) is 4.74 Å². The summed E-state index contributed by atoms with van der Waals surface area (Å²) in [7, 11) is 1.71. The lowest BCUT2D eigenvalue weighted by Crippen LogP contribution is -2.44. The number of piperidine rings is 1. The molecular formula is C21H25N3O3. The second-order valence-electron chi connectivity index (χ2n) is 7.80. The van der Waals surface area contributed by atoms with Gasteiger partial charge in [-0.1, -0.05) is 19.9 Å². The van der Waals surface area contributed by atoms with Crippen LogP contribution in [0.25, 0.3) is 5.70 Å². The molecule has 142 valence electrons. The fraction of sp³-hybridized carbons (Fsp3) is 0.524. The molecule has 1 aliphatic carbocycles. The maximum Gasteiger partial charge on any atom is 0.183 e. The smallest absolute Gasteiger partial charge is 0.183 e. The number of nitrogens with zero attached hydrogens (tertiary/aromatic N) is 3. The summed E-state index contributed by atoms with van der Waals surface area (Å²) in [4.78, 5) is 31.6. The Bertz CT molecular complexity index is 856. The highest BCUT2D eigenvalue weighted by Gasteiger charge is 2.36. The highest BCUT2D eigenvalue weighted by molar-refractivity contribution is 6.09. The third-order valence-electron chi connectivity index (χ3n) is 5.59. The minimum Gasteiger partial charge on any atom is -0.378 e. The number of allylic oxidation sites excluding steroid dienone is 1. The van der Waals surface area contributed by atoms with Gasteiger partial charge in [-0.25, -0.2) is 4.98 Å². The number of Topliss-reactive ketones (excluding diaryl/α,β-unsaturated/α-hetero) is 2. The number of nitriles is 1. The van der Waals surface area contributed by atoms with Crippen molar-refractivity contribution in [2.24, 2.45) is 5.92 Å². The number of methoxy groups -OCH3 is 1. The van der Waals surface area contributed by atoms with E-state index in [1.54, 1.807) is 19.2 Å². The van der Waals surface area contributed by atoms with Crippen LogP contribution < -0.4 is 0 Å². The van der Waals surface area contributed by atoms with Gasteiger partial charge in [-0.3, -0.25) is 9.59 Å². The number of likely N-dealkylation sites (tertiary alicyclic amines) is 1. The molecule has 0 saturated carbocycles. The molecule has 0 aromatic carbocycles. The predicted octanol–water partition coefficient (Wildman–Crippen LogP) is 2.78. The van der Waals surface area contributed by atoms with Crippen molar-refractivity contribution in [1.82, 2.24) is 9.88 Å². The molecule has 1 aromatic heterocycles. The maximum absolute atomic E-state index is 12.5. The van der Waals surface area contributed by atoms with Gasteiger partial charge in [-0.15, -0.1) is 0 Å². The molecule has 2 aliphatic rings. The highest BCUT2D eigenvalue weighted by Crippen LogP contribution is 2.35. The van der Waals surface area contributed by atoms with Gasteiger partial charge in [-0.2, -0.15) is 5.26 Å². The number of hydrogen-bond donors (Lipinski definition) is 0. The first-order valence-electron chi connectivity index (χ1n) is 9.32. The van der Waals surface area contributed by atoms with Crippen molar-refractivity contribution >= 4 is 17.3 Å².